The third kappa shape index (κ3) is 8.00. The van der Waals surface area contributed by atoms with E-state index in [0.29, 0.717) is 18.9 Å². The summed E-state index contributed by atoms with van der Waals surface area (Å²) in [5.74, 6) is -2.30. The maximum atomic E-state index is 14.6. The second-order valence-electron chi connectivity index (χ2n) is 20.8. The first-order valence-electron chi connectivity index (χ1n) is 19.7. The van der Waals surface area contributed by atoms with Gasteiger partial charge in [0.15, 0.2) is 0 Å². The molecule has 53 heavy (non-hydrogen) atoms. The third-order valence-corrected chi connectivity index (χ3v) is 13.0. The summed E-state index contributed by atoms with van der Waals surface area (Å²) in [5, 5.41) is 11.7. The van der Waals surface area contributed by atoms with Crippen molar-refractivity contribution in [2.75, 3.05) is 13.1 Å². The summed E-state index contributed by atoms with van der Waals surface area (Å²) in [6.07, 6.45) is 5.52. The predicted octanol–water partition coefficient (Wildman–Crippen LogP) is 3.30. The number of imide groups is 1. The van der Waals surface area contributed by atoms with Gasteiger partial charge in [-0.3, -0.25) is 33.7 Å². The Balaban J connectivity index is 1.18. The van der Waals surface area contributed by atoms with Crippen LogP contribution in [0.15, 0.2) is 0 Å². The molecule has 7 amide bonds. The van der Waals surface area contributed by atoms with E-state index >= 15 is 0 Å². The topological polar surface area (TPSA) is 174 Å². The van der Waals surface area contributed by atoms with Crippen LogP contribution in [0.3, 0.4) is 0 Å². The van der Waals surface area contributed by atoms with Gasteiger partial charge in [0.05, 0.1) is 6.04 Å². The molecule has 0 radical (unpaired) electrons. The van der Waals surface area contributed by atoms with Crippen molar-refractivity contribution < 1.29 is 33.6 Å². The van der Waals surface area contributed by atoms with Gasteiger partial charge in [0, 0.05) is 32.0 Å². The lowest BCUT2D eigenvalue weighted by Crippen LogP contribution is -2.63. The van der Waals surface area contributed by atoms with Gasteiger partial charge in [-0.25, -0.2) is 4.79 Å². The molecular formula is C40H62N6O7. The average Bonchev–Trinajstić information content (AvgIpc) is 3.92. The number of piperidine rings is 2. The minimum atomic E-state index is -1.26. The van der Waals surface area contributed by atoms with Gasteiger partial charge in [0.1, 0.15) is 17.6 Å². The van der Waals surface area contributed by atoms with E-state index in [9.17, 15) is 33.6 Å². The SMILES string of the molecule is CC1(C)CC(=O)N(C[C@@H](NC(=O)N[C@H](C(=O)N2CC3C([C@H]2C(=O)NC2(C(=O)C(=O)NC4CC4)CC2CC2CC2)C3(C)C)C(C)(C)C)C(C)(C)C)C(=O)C1. The van der Waals surface area contributed by atoms with E-state index < -0.39 is 69.4 Å². The van der Waals surface area contributed by atoms with Crippen molar-refractivity contribution in [3.8, 4) is 0 Å². The molecule has 0 bridgehead atoms. The van der Waals surface area contributed by atoms with Crippen molar-refractivity contribution in [2.24, 2.45) is 45.3 Å². The summed E-state index contributed by atoms with van der Waals surface area (Å²) in [6, 6.07) is -3.11. The van der Waals surface area contributed by atoms with Crippen LogP contribution in [0.2, 0.25) is 0 Å². The normalized spacial score (nSPS) is 31.2. The molecule has 6 fully saturated rings. The summed E-state index contributed by atoms with van der Waals surface area (Å²) < 4.78 is 0. The monoisotopic (exact) mass is 738 g/mol. The number of urea groups is 1. The molecule has 7 atom stereocenters. The quantitative estimate of drug-likeness (QED) is 0.176. The molecule has 6 rings (SSSR count). The largest absolute Gasteiger partial charge is 0.347 e. The number of rotatable bonds is 12. The van der Waals surface area contributed by atoms with Crippen molar-refractivity contribution in [3.05, 3.63) is 0 Å². The molecule has 6 aliphatic rings. The summed E-state index contributed by atoms with van der Waals surface area (Å²) in [5.41, 5.74) is -3.19. The molecule has 0 aromatic rings. The van der Waals surface area contributed by atoms with Gasteiger partial charge in [-0.15, -0.1) is 0 Å². The lowest BCUT2D eigenvalue weighted by atomic mass is 9.80. The van der Waals surface area contributed by atoms with E-state index in [0.717, 1.165) is 32.1 Å². The zero-order valence-electron chi connectivity index (χ0n) is 33.4. The molecule has 4 N–H and O–H groups in total. The van der Waals surface area contributed by atoms with Gasteiger partial charge in [-0.05, 0) is 71.0 Å². The Kier molecular flexibility index (Phi) is 9.66. The van der Waals surface area contributed by atoms with Crippen molar-refractivity contribution in [2.45, 2.75) is 150 Å². The van der Waals surface area contributed by atoms with Crippen molar-refractivity contribution >= 4 is 41.4 Å². The summed E-state index contributed by atoms with van der Waals surface area (Å²) >= 11 is 0. The van der Waals surface area contributed by atoms with Crippen LogP contribution < -0.4 is 21.3 Å². The molecule has 2 saturated heterocycles. The Labute approximate surface area is 314 Å². The van der Waals surface area contributed by atoms with Crippen LogP contribution in [-0.2, 0) is 28.8 Å². The van der Waals surface area contributed by atoms with Crippen LogP contribution in [0, 0.1) is 45.3 Å². The Morgan fingerprint density at radius 1 is 0.849 bits per heavy atom. The van der Waals surface area contributed by atoms with Crippen molar-refractivity contribution in [1.82, 2.24) is 31.1 Å². The lowest BCUT2D eigenvalue weighted by Gasteiger charge is -2.41. The molecule has 0 aromatic carbocycles. The van der Waals surface area contributed by atoms with Gasteiger partial charge in [0.25, 0.3) is 5.91 Å². The van der Waals surface area contributed by atoms with Gasteiger partial charge in [-0.2, -0.15) is 0 Å². The fraction of sp³-hybridized carbons (Fsp3) is 0.825. The highest BCUT2D eigenvalue weighted by molar-refractivity contribution is 6.41. The number of Topliss-reactive ketones (excluding diaryl/α,β-unsaturated/α-hetero) is 1. The van der Waals surface area contributed by atoms with Crippen molar-refractivity contribution in [1.29, 1.82) is 0 Å². The number of hydrogen-bond acceptors (Lipinski definition) is 7. The third-order valence-electron chi connectivity index (χ3n) is 13.0. The Hall–Kier alpha value is -3.51. The highest BCUT2D eigenvalue weighted by atomic mass is 16.2. The number of amides is 7. The maximum absolute atomic E-state index is 14.6. The number of hydrogen-bond donors (Lipinski definition) is 4. The van der Waals surface area contributed by atoms with E-state index in [1.807, 2.05) is 55.4 Å². The first-order chi connectivity index (χ1) is 24.4. The van der Waals surface area contributed by atoms with Gasteiger partial charge in [0.2, 0.25) is 29.4 Å². The number of carbonyl (C=O) groups excluding carboxylic acids is 7. The smallest absolute Gasteiger partial charge is 0.315 e. The molecule has 2 aliphatic heterocycles. The van der Waals surface area contributed by atoms with Crippen LogP contribution in [0.5, 0.6) is 0 Å². The molecule has 0 spiro atoms. The number of nitrogens with one attached hydrogen (secondary N) is 4. The molecule has 13 nitrogen and oxygen atoms in total. The van der Waals surface area contributed by atoms with Crippen LogP contribution in [0.25, 0.3) is 0 Å². The van der Waals surface area contributed by atoms with Gasteiger partial charge < -0.3 is 26.2 Å². The molecule has 2 heterocycles. The van der Waals surface area contributed by atoms with Gasteiger partial charge in [-0.1, -0.05) is 82.1 Å². The van der Waals surface area contributed by atoms with E-state index in [1.54, 1.807) is 4.90 Å². The van der Waals surface area contributed by atoms with E-state index in [2.05, 4.69) is 35.1 Å². The standard InChI is InChI=1S/C40H62N6O7/c1-36(2,3)25(20-45-26(47)17-38(7,8)18-27(45)48)42-35(53)43-30(37(4,5)6)34(52)46-19-24-28(39(24,9)10)29(46)32(50)44-40(16-22(40)15-21-11-12-21)31(49)33(51)41-23-13-14-23/h21-25,28-30H,11-20H2,1-10H3,(H,41,51)(H,44,50)(H2,42,43,53)/t22?,24?,25-,28?,29+,30-,40?/m1/s1. The minimum absolute atomic E-state index is 0.00645. The summed E-state index contributed by atoms with van der Waals surface area (Å²) in [7, 11) is 0. The van der Waals surface area contributed by atoms with E-state index in [-0.39, 0.29) is 60.4 Å². The summed E-state index contributed by atoms with van der Waals surface area (Å²) in [6.45, 7) is 19.6. The Morgan fingerprint density at radius 2 is 1.45 bits per heavy atom. The number of nitrogens with zero attached hydrogens (tertiary/aromatic N) is 2. The zero-order valence-corrected chi connectivity index (χ0v) is 33.4. The number of ketones is 1. The number of likely N-dealkylation sites (tertiary alicyclic amines) is 2. The van der Waals surface area contributed by atoms with Crippen molar-refractivity contribution in [3.63, 3.8) is 0 Å². The second kappa shape index (κ2) is 13.1. The predicted molar refractivity (Wildman–Crippen MR) is 197 cm³/mol. The Bertz CT molecular complexity index is 1560. The van der Waals surface area contributed by atoms with Crippen LogP contribution in [0.1, 0.15) is 121 Å². The van der Waals surface area contributed by atoms with Crippen LogP contribution in [-0.4, -0.2) is 93.9 Å². The maximum Gasteiger partial charge on any atom is 0.315 e. The number of carbonyl (C=O) groups is 7. The lowest BCUT2D eigenvalue weighted by molar-refractivity contribution is -0.153. The highest BCUT2D eigenvalue weighted by Gasteiger charge is 2.71. The fourth-order valence-corrected chi connectivity index (χ4v) is 8.93. The average molecular weight is 739 g/mol. The molecule has 4 unspecified atom stereocenters. The molecular weight excluding hydrogens is 676 g/mol. The zero-order chi connectivity index (χ0) is 39.2. The molecule has 4 saturated carbocycles. The molecule has 13 heteroatoms. The first-order valence-corrected chi connectivity index (χ1v) is 19.7. The minimum Gasteiger partial charge on any atom is -0.347 e. The number of fused-ring (bicyclic) bond motifs is 1. The first kappa shape index (κ1) is 39.2. The second-order valence-corrected chi connectivity index (χ2v) is 20.8. The van der Waals surface area contributed by atoms with Crippen LogP contribution in [0.4, 0.5) is 4.79 Å². The Morgan fingerprint density at radius 3 is 1.98 bits per heavy atom. The fourth-order valence-electron chi connectivity index (χ4n) is 8.93. The van der Waals surface area contributed by atoms with Gasteiger partial charge >= 0.3 is 6.03 Å². The molecule has 294 valence electrons. The molecule has 0 aromatic heterocycles. The van der Waals surface area contributed by atoms with Crippen LogP contribution >= 0.6 is 0 Å². The molecule has 4 aliphatic carbocycles. The van der Waals surface area contributed by atoms with E-state index in [4.69, 9.17) is 0 Å². The summed E-state index contributed by atoms with van der Waals surface area (Å²) in [4.78, 5) is 98.4. The highest BCUT2D eigenvalue weighted by Crippen LogP contribution is 2.65. The van der Waals surface area contributed by atoms with E-state index in [1.165, 1.54) is 4.90 Å².